The van der Waals surface area contributed by atoms with E-state index in [2.05, 4.69) is 17.4 Å². The van der Waals surface area contributed by atoms with Gasteiger partial charge in [-0.2, -0.15) is 0 Å². The van der Waals surface area contributed by atoms with E-state index < -0.39 is 5.67 Å². The van der Waals surface area contributed by atoms with Crippen molar-refractivity contribution in [2.24, 2.45) is 0 Å². The van der Waals surface area contributed by atoms with Crippen molar-refractivity contribution in [1.29, 1.82) is 0 Å². The summed E-state index contributed by atoms with van der Waals surface area (Å²) in [6, 6.07) is 10.1. The highest BCUT2D eigenvalue weighted by Gasteiger charge is 2.32. The van der Waals surface area contributed by atoms with Gasteiger partial charge in [0.1, 0.15) is 5.67 Å². The molecule has 0 saturated carbocycles. The SMILES string of the molecule is FC1(CCc2ccccc2)CCNC1. The summed E-state index contributed by atoms with van der Waals surface area (Å²) in [4.78, 5) is 0. The Bertz CT molecular complexity index is 278. The monoisotopic (exact) mass is 193 g/mol. The van der Waals surface area contributed by atoms with Gasteiger partial charge in [-0.3, -0.25) is 0 Å². The normalized spacial score (nSPS) is 26.6. The molecule has 1 unspecified atom stereocenters. The van der Waals surface area contributed by atoms with E-state index in [0.717, 1.165) is 13.0 Å². The topological polar surface area (TPSA) is 12.0 Å². The molecule has 1 nitrogen and oxygen atoms in total. The van der Waals surface area contributed by atoms with Crippen molar-refractivity contribution < 1.29 is 4.39 Å². The van der Waals surface area contributed by atoms with E-state index in [1.165, 1.54) is 5.56 Å². The molecule has 0 aromatic heterocycles. The maximum absolute atomic E-state index is 13.9. The van der Waals surface area contributed by atoms with E-state index in [1.54, 1.807) is 0 Å². The summed E-state index contributed by atoms with van der Waals surface area (Å²) < 4.78 is 13.9. The molecule has 2 heteroatoms. The Hall–Kier alpha value is -0.890. The molecule has 0 aliphatic carbocycles. The predicted molar refractivity (Wildman–Crippen MR) is 56.1 cm³/mol. The Morgan fingerprint density at radius 3 is 2.71 bits per heavy atom. The summed E-state index contributed by atoms with van der Waals surface area (Å²) in [5.74, 6) is 0. The van der Waals surface area contributed by atoms with Crippen LogP contribution in [0.2, 0.25) is 0 Å². The maximum atomic E-state index is 13.9. The second kappa shape index (κ2) is 4.09. The number of hydrogen-bond donors (Lipinski definition) is 1. The number of benzene rings is 1. The number of rotatable bonds is 3. The molecule has 0 spiro atoms. The highest BCUT2D eigenvalue weighted by molar-refractivity contribution is 5.15. The lowest BCUT2D eigenvalue weighted by Gasteiger charge is -2.17. The molecule has 1 fully saturated rings. The van der Waals surface area contributed by atoms with E-state index in [9.17, 15) is 4.39 Å². The van der Waals surface area contributed by atoms with Crippen LogP contribution in [0.3, 0.4) is 0 Å². The van der Waals surface area contributed by atoms with Crippen LogP contribution in [0.15, 0.2) is 30.3 Å². The highest BCUT2D eigenvalue weighted by atomic mass is 19.1. The molecule has 76 valence electrons. The van der Waals surface area contributed by atoms with Crippen molar-refractivity contribution in [3.63, 3.8) is 0 Å². The highest BCUT2D eigenvalue weighted by Crippen LogP contribution is 2.25. The van der Waals surface area contributed by atoms with Crippen molar-refractivity contribution >= 4 is 0 Å². The summed E-state index contributed by atoms with van der Waals surface area (Å²) in [7, 11) is 0. The lowest BCUT2D eigenvalue weighted by Crippen LogP contribution is -2.26. The van der Waals surface area contributed by atoms with Crippen molar-refractivity contribution in [2.75, 3.05) is 13.1 Å². The smallest absolute Gasteiger partial charge is 0.124 e. The lowest BCUT2D eigenvalue weighted by molar-refractivity contribution is 0.176. The standard InChI is InChI=1S/C12H16FN/c13-12(8-9-14-10-12)7-6-11-4-2-1-3-5-11/h1-5,14H,6-10H2. The van der Waals surface area contributed by atoms with Crippen LogP contribution in [0.5, 0.6) is 0 Å². The summed E-state index contributed by atoms with van der Waals surface area (Å²) >= 11 is 0. The number of halogens is 1. The van der Waals surface area contributed by atoms with Gasteiger partial charge in [0.2, 0.25) is 0 Å². The number of aryl methyl sites for hydroxylation is 1. The zero-order chi connectivity index (χ0) is 9.86. The van der Waals surface area contributed by atoms with E-state index in [4.69, 9.17) is 0 Å². The van der Waals surface area contributed by atoms with Crippen LogP contribution in [-0.4, -0.2) is 18.8 Å². The number of nitrogens with one attached hydrogen (secondary N) is 1. The molecule has 1 atom stereocenters. The number of alkyl halides is 1. The van der Waals surface area contributed by atoms with Gasteiger partial charge < -0.3 is 5.32 Å². The quantitative estimate of drug-likeness (QED) is 0.776. The second-order valence-electron chi connectivity index (χ2n) is 4.06. The van der Waals surface area contributed by atoms with Crippen LogP contribution in [0, 0.1) is 0 Å². The van der Waals surface area contributed by atoms with Gasteiger partial charge in [0.15, 0.2) is 0 Å². The minimum atomic E-state index is -0.962. The minimum absolute atomic E-state index is 0.528. The van der Waals surface area contributed by atoms with Crippen molar-refractivity contribution in [3.05, 3.63) is 35.9 Å². The zero-order valence-corrected chi connectivity index (χ0v) is 8.30. The van der Waals surface area contributed by atoms with Crippen LogP contribution in [0.1, 0.15) is 18.4 Å². The van der Waals surface area contributed by atoms with Gasteiger partial charge in [-0.05, 0) is 31.4 Å². The molecule has 1 saturated heterocycles. The molecule has 1 aromatic rings. The van der Waals surface area contributed by atoms with Gasteiger partial charge >= 0.3 is 0 Å². The molecule has 14 heavy (non-hydrogen) atoms. The molecular weight excluding hydrogens is 177 g/mol. The van der Waals surface area contributed by atoms with E-state index >= 15 is 0 Å². The van der Waals surface area contributed by atoms with Crippen LogP contribution in [0.25, 0.3) is 0 Å². The van der Waals surface area contributed by atoms with E-state index in [0.29, 0.717) is 19.4 Å². The van der Waals surface area contributed by atoms with Gasteiger partial charge in [-0.15, -0.1) is 0 Å². The predicted octanol–water partition coefficient (Wildman–Crippen LogP) is 2.32. The average molecular weight is 193 g/mol. The molecule has 1 heterocycles. The molecule has 0 bridgehead atoms. The Morgan fingerprint density at radius 1 is 1.29 bits per heavy atom. The minimum Gasteiger partial charge on any atom is -0.313 e. The van der Waals surface area contributed by atoms with Gasteiger partial charge in [0.05, 0.1) is 0 Å². The van der Waals surface area contributed by atoms with Crippen molar-refractivity contribution in [3.8, 4) is 0 Å². The Kier molecular flexibility index (Phi) is 2.82. The van der Waals surface area contributed by atoms with Crippen molar-refractivity contribution in [2.45, 2.75) is 24.9 Å². The Balaban J connectivity index is 1.88. The summed E-state index contributed by atoms with van der Waals surface area (Å²) in [6.45, 7) is 1.35. The van der Waals surface area contributed by atoms with E-state index in [1.807, 2.05) is 18.2 Å². The van der Waals surface area contributed by atoms with Crippen LogP contribution < -0.4 is 5.32 Å². The van der Waals surface area contributed by atoms with Crippen molar-refractivity contribution in [1.82, 2.24) is 5.32 Å². The van der Waals surface area contributed by atoms with Crippen LogP contribution in [0.4, 0.5) is 4.39 Å². The third kappa shape index (κ3) is 2.32. The largest absolute Gasteiger partial charge is 0.313 e. The number of hydrogen-bond acceptors (Lipinski definition) is 1. The Labute approximate surface area is 84.3 Å². The summed E-state index contributed by atoms with van der Waals surface area (Å²) in [6.07, 6.45) is 2.16. The van der Waals surface area contributed by atoms with Gasteiger partial charge in [-0.25, -0.2) is 4.39 Å². The maximum Gasteiger partial charge on any atom is 0.124 e. The first-order valence-electron chi connectivity index (χ1n) is 5.22. The third-order valence-corrected chi connectivity index (χ3v) is 2.90. The average Bonchev–Trinajstić information content (AvgIpc) is 2.65. The lowest BCUT2D eigenvalue weighted by atomic mass is 9.96. The summed E-state index contributed by atoms with van der Waals surface area (Å²) in [5.41, 5.74) is 0.270. The Morgan fingerprint density at radius 2 is 2.07 bits per heavy atom. The zero-order valence-electron chi connectivity index (χ0n) is 8.30. The van der Waals surface area contributed by atoms with Crippen LogP contribution in [-0.2, 0) is 6.42 Å². The molecule has 1 aliphatic heterocycles. The molecule has 1 aromatic carbocycles. The van der Waals surface area contributed by atoms with Crippen LogP contribution >= 0.6 is 0 Å². The first-order valence-corrected chi connectivity index (χ1v) is 5.22. The van der Waals surface area contributed by atoms with E-state index in [-0.39, 0.29) is 0 Å². The molecule has 1 N–H and O–H groups in total. The third-order valence-electron chi connectivity index (χ3n) is 2.90. The molecule has 0 amide bonds. The molecular formula is C12H16FN. The van der Waals surface area contributed by atoms with Gasteiger partial charge in [-0.1, -0.05) is 30.3 Å². The van der Waals surface area contributed by atoms with Gasteiger partial charge in [0.25, 0.3) is 0 Å². The first-order chi connectivity index (χ1) is 6.79. The fourth-order valence-electron chi connectivity index (χ4n) is 1.94. The fraction of sp³-hybridized carbons (Fsp3) is 0.500. The second-order valence-corrected chi connectivity index (χ2v) is 4.06. The fourth-order valence-corrected chi connectivity index (χ4v) is 1.94. The molecule has 1 aliphatic rings. The van der Waals surface area contributed by atoms with Gasteiger partial charge in [0, 0.05) is 6.54 Å². The molecule has 2 rings (SSSR count). The first kappa shape index (κ1) is 9.66. The summed E-state index contributed by atoms with van der Waals surface area (Å²) in [5, 5.41) is 3.07. The molecule has 0 radical (unpaired) electrons.